The van der Waals surface area contributed by atoms with Crippen LogP contribution in [0.4, 0.5) is 5.82 Å². The van der Waals surface area contributed by atoms with Gasteiger partial charge in [0.25, 0.3) is 0 Å². The molecule has 0 atom stereocenters. The average molecular weight is 250 g/mol. The minimum absolute atomic E-state index is 0.123. The highest BCUT2D eigenvalue weighted by Gasteiger charge is 2.45. The van der Waals surface area contributed by atoms with Crippen LogP contribution in [0, 0.1) is 5.92 Å². The van der Waals surface area contributed by atoms with Crippen LogP contribution < -0.4 is 9.64 Å². The predicted octanol–water partition coefficient (Wildman–Crippen LogP) is 2.08. The van der Waals surface area contributed by atoms with Gasteiger partial charge in [-0.15, -0.1) is 0 Å². The molecule has 1 aromatic rings. The van der Waals surface area contributed by atoms with Gasteiger partial charge >= 0.3 is 0 Å². The molecule has 0 bridgehead atoms. The van der Waals surface area contributed by atoms with E-state index in [9.17, 15) is 5.11 Å². The third kappa shape index (κ3) is 2.43. The molecular weight excluding hydrogens is 228 g/mol. The lowest BCUT2D eigenvalue weighted by Crippen LogP contribution is -2.65. The first-order valence-electron chi connectivity index (χ1n) is 6.51. The molecule has 0 unspecified atom stereocenters. The molecule has 0 aliphatic carbocycles. The summed E-state index contributed by atoms with van der Waals surface area (Å²) in [6, 6.07) is 3.80. The second-order valence-electron chi connectivity index (χ2n) is 5.61. The number of rotatable bonds is 4. The largest absolute Gasteiger partial charge is 0.487 e. The summed E-state index contributed by atoms with van der Waals surface area (Å²) in [5, 5.41) is 10.3. The van der Waals surface area contributed by atoms with E-state index in [1.807, 2.05) is 39.8 Å². The number of anilines is 1. The maximum atomic E-state index is 10.3. The number of aliphatic hydroxyl groups is 1. The lowest BCUT2D eigenvalue weighted by Gasteiger charge is -2.49. The first-order valence-corrected chi connectivity index (χ1v) is 6.51. The summed E-state index contributed by atoms with van der Waals surface area (Å²) in [6.45, 7) is 9.32. The van der Waals surface area contributed by atoms with E-state index in [-0.39, 0.29) is 12.0 Å². The van der Waals surface area contributed by atoms with Crippen LogP contribution in [-0.2, 0) is 0 Å². The molecule has 4 nitrogen and oxygen atoms in total. The summed E-state index contributed by atoms with van der Waals surface area (Å²) >= 11 is 0. The van der Waals surface area contributed by atoms with Crippen LogP contribution in [0.15, 0.2) is 18.3 Å². The lowest BCUT2D eigenvalue weighted by atomic mass is 9.83. The maximum Gasteiger partial charge on any atom is 0.171 e. The fourth-order valence-corrected chi connectivity index (χ4v) is 2.10. The van der Waals surface area contributed by atoms with Crippen molar-refractivity contribution in [3.63, 3.8) is 0 Å². The van der Waals surface area contributed by atoms with Crippen LogP contribution in [0.1, 0.15) is 27.7 Å². The maximum absolute atomic E-state index is 10.3. The van der Waals surface area contributed by atoms with E-state index in [4.69, 9.17) is 4.74 Å². The summed E-state index contributed by atoms with van der Waals surface area (Å²) < 4.78 is 5.75. The molecular formula is C14H22N2O2. The van der Waals surface area contributed by atoms with Crippen molar-refractivity contribution in [2.45, 2.75) is 39.4 Å². The number of hydrogen-bond donors (Lipinski definition) is 1. The quantitative estimate of drug-likeness (QED) is 0.888. The Bertz CT molecular complexity index is 412. The van der Waals surface area contributed by atoms with E-state index in [0.717, 1.165) is 11.6 Å². The van der Waals surface area contributed by atoms with Crippen molar-refractivity contribution in [1.29, 1.82) is 0 Å². The van der Waals surface area contributed by atoms with E-state index in [2.05, 4.69) is 9.88 Å². The Balaban J connectivity index is 2.12. The Morgan fingerprint density at radius 3 is 2.56 bits per heavy atom. The molecule has 1 aromatic heterocycles. The summed E-state index contributed by atoms with van der Waals surface area (Å²) in [4.78, 5) is 6.44. The molecule has 2 heterocycles. The fraction of sp³-hybridized carbons (Fsp3) is 0.643. The van der Waals surface area contributed by atoms with Gasteiger partial charge in [0.05, 0.1) is 19.2 Å². The molecule has 100 valence electrons. The molecule has 2 rings (SSSR count). The molecule has 0 amide bonds. The third-order valence-electron chi connectivity index (χ3n) is 3.42. The molecule has 1 saturated heterocycles. The Morgan fingerprint density at radius 1 is 1.33 bits per heavy atom. The van der Waals surface area contributed by atoms with Crippen molar-refractivity contribution in [3.05, 3.63) is 18.3 Å². The molecule has 1 N–H and O–H groups in total. The number of hydrogen-bond acceptors (Lipinski definition) is 4. The van der Waals surface area contributed by atoms with Crippen LogP contribution in [0.5, 0.6) is 5.75 Å². The van der Waals surface area contributed by atoms with Crippen LogP contribution in [-0.4, -0.2) is 34.9 Å². The molecule has 0 radical (unpaired) electrons. The SMILES string of the molecule is CC(C)Oc1cccnc1N1CC(O)(C(C)C)C1. The lowest BCUT2D eigenvalue weighted by molar-refractivity contribution is -0.0307. The number of nitrogens with zero attached hydrogens (tertiary/aromatic N) is 2. The zero-order chi connectivity index (χ0) is 13.3. The number of ether oxygens (including phenoxy) is 1. The fourth-order valence-electron chi connectivity index (χ4n) is 2.10. The van der Waals surface area contributed by atoms with Crippen LogP contribution >= 0.6 is 0 Å². The molecule has 1 aliphatic rings. The molecule has 0 saturated carbocycles. The summed E-state index contributed by atoms with van der Waals surface area (Å²) in [7, 11) is 0. The van der Waals surface area contributed by atoms with E-state index in [1.165, 1.54) is 0 Å². The van der Waals surface area contributed by atoms with Gasteiger partial charge in [-0.05, 0) is 31.9 Å². The van der Waals surface area contributed by atoms with Crippen molar-refractivity contribution in [2.75, 3.05) is 18.0 Å². The first-order chi connectivity index (χ1) is 8.42. The Kier molecular flexibility index (Phi) is 3.48. The van der Waals surface area contributed by atoms with Crippen molar-refractivity contribution in [2.24, 2.45) is 5.92 Å². The van der Waals surface area contributed by atoms with Crippen molar-refractivity contribution in [3.8, 4) is 5.75 Å². The van der Waals surface area contributed by atoms with E-state index >= 15 is 0 Å². The highest BCUT2D eigenvalue weighted by atomic mass is 16.5. The van der Waals surface area contributed by atoms with Crippen molar-refractivity contribution in [1.82, 2.24) is 4.98 Å². The first kappa shape index (κ1) is 13.1. The van der Waals surface area contributed by atoms with Gasteiger partial charge in [-0.3, -0.25) is 0 Å². The Labute approximate surface area is 109 Å². The molecule has 0 spiro atoms. The monoisotopic (exact) mass is 250 g/mol. The standard InChI is InChI=1S/C14H22N2O2/c1-10(2)14(17)8-16(9-14)13-12(18-11(3)4)6-5-7-15-13/h5-7,10-11,17H,8-9H2,1-4H3. The van der Waals surface area contributed by atoms with Crippen LogP contribution in [0.25, 0.3) is 0 Å². The second kappa shape index (κ2) is 4.76. The molecule has 0 aromatic carbocycles. The van der Waals surface area contributed by atoms with Gasteiger partial charge < -0.3 is 14.7 Å². The number of β-amino-alcohol motifs (C(OH)–C–C–N with tert-alkyl or cyclic N) is 1. The van der Waals surface area contributed by atoms with E-state index in [0.29, 0.717) is 13.1 Å². The number of aromatic nitrogens is 1. The third-order valence-corrected chi connectivity index (χ3v) is 3.42. The van der Waals surface area contributed by atoms with Crippen LogP contribution in [0.2, 0.25) is 0 Å². The van der Waals surface area contributed by atoms with Crippen molar-refractivity contribution < 1.29 is 9.84 Å². The number of pyridine rings is 1. The summed E-state index contributed by atoms with van der Waals surface area (Å²) in [6.07, 6.45) is 1.88. The van der Waals surface area contributed by atoms with Gasteiger partial charge in [-0.1, -0.05) is 13.8 Å². The molecule has 18 heavy (non-hydrogen) atoms. The highest BCUT2D eigenvalue weighted by molar-refractivity contribution is 5.55. The average Bonchev–Trinajstić information content (AvgIpc) is 2.24. The second-order valence-corrected chi connectivity index (χ2v) is 5.61. The van der Waals surface area contributed by atoms with Gasteiger partial charge in [0.2, 0.25) is 0 Å². The van der Waals surface area contributed by atoms with Gasteiger partial charge in [-0.2, -0.15) is 0 Å². The smallest absolute Gasteiger partial charge is 0.171 e. The molecule has 1 aliphatic heterocycles. The topological polar surface area (TPSA) is 45.6 Å². The normalized spacial score (nSPS) is 18.1. The van der Waals surface area contributed by atoms with E-state index in [1.54, 1.807) is 6.20 Å². The van der Waals surface area contributed by atoms with E-state index < -0.39 is 5.60 Å². The summed E-state index contributed by atoms with van der Waals surface area (Å²) in [5.41, 5.74) is -0.591. The van der Waals surface area contributed by atoms with Crippen molar-refractivity contribution >= 4 is 5.82 Å². The van der Waals surface area contributed by atoms with Gasteiger partial charge in [0, 0.05) is 6.20 Å². The Hall–Kier alpha value is -1.29. The minimum atomic E-state index is -0.591. The van der Waals surface area contributed by atoms with Gasteiger partial charge in [0.1, 0.15) is 5.60 Å². The predicted molar refractivity (Wildman–Crippen MR) is 72.0 cm³/mol. The van der Waals surface area contributed by atoms with Gasteiger partial charge in [-0.25, -0.2) is 4.98 Å². The zero-order valence-electron chi connectivity index (χ0n) is 11.6. The molecule has 4 heteroatoms. The Morgan fingerprint density at radius 2 is 2.00 bits per heavy atom. The zero-order valence-corrected chi connectivity index (χ0v) is 11.6. The highest BCUT2D eigenvalue weighted by Crippen LogP contribution is 2.36. The molecule has 1 fully saturated rings. The van der Waals surface area contributed by atoms with Gasteiger partial charge in [0.15, 0.2) is 11.6 Å². The minimum Gasteiger partial charge on any atom is -0.487 e. The summed E-state index contributed by atoms with van der Waals surface area (Å²) in [5.74, 6) is 1.88. The van der Waals surface area contributed by atoms with Crippen LogP contribution in [0.3, 0.4) is 0 Å².